The number of sulfonamides is 1. The van der Waals surface area contributed by atoms with E-state index in [9.17, 15) is 28.4 Å². The maximum Gasteiger partial charge on any atom is 0.297 e. The fraction of sp³-hybridized carbons (Fsp3) is 0.404. The number of nitro groups is 1. The highest BCUT2D eigenvalue weighted by Gasteiger charge is 2.36. The summed E-state index contributed by atoms with van der Waals surface area (Å²) in [5, 5.41) is 27.0. The van der Waals surface area contributed by atoms with Gasteiger partial charge in [-0.05, 0) is 104 Å². The number of carbonyl (C=O) groups is 1. The van der Waals surface area contributed by atoms with E-state index < -0.39 is 31.4 Å². The van der Waals surface area contributed by atoms with Crippen LogP contribution in [0.1, 0.15) is 74.7 Å². The van der Waals surface area contributed by atoms with Gasteiger partial charge < -0.3 is 29.8 Å². The molecule has 5 aromatic rings. The van der Waals surface area contributed by atoms with E-state index in [4.69, 9.17) is 21.1 Å². The number of aromatic amines is 1. The Bertz CT molecular complexity index is 2720. The van der Waals surface area contributed by atoms with Crippen LogP contribution in [0.15, 0.2) is 89.6 Å². The minimum Gasteiger partial charge on any atom is -0.489 e. The molecule has 15 nitrogen and oxygen atoms in total. The van der Waals surface area contributed by atoms with E-state index in [1.165, 1.54) is 35.0 Å². The minimum atomic E-state index is -4.66. The summed E-state index contributed by atoms with van der Waals surface area (Å²) < 4.78 is 42.2. The molecule has 1 saturated heterocycles. The number of nitrogens with one attached hydrogen (secondary N) is 3. The number of H-pyrrole nitrogens is 1. The van der Waals surface area contributed by atoms with Crippen molar-refractivity contribution in [3.8, 4) is 17.2 Å². The molecule has 1 atom stereocenters. The number of ether oxygens (including phenoxy) is 2. The number of allylic oxidation sites excluding steroid dienone is 1. The highest BCUT2D eigenvalue weighted by molar-refractivity contribution is 7.90. The molecular formula is C47H52ClN7O8S. The second-order valence-electron chi connectivity index (χ2n) is 18.2. The number of anilines is 2. The van der Waals surface area contributed by atoms with Crippen LogP contribution in [0.2, 0.25) is 5.02 Å². The molecule has 64 heavy (non-hydrogen) atoms. The molecule has 3 aromatic carbocycles. The van der Waals surface area contributed by atoms with Gasteiger partial charge in [-0.1, -0.05) is 43.2 Å². The molecule has 4 aliphatic rings. The van der Waals surface area contributed by atoms with Gasteiger partial charge in [-0.15, -0.1) is 0 Å². The minimum absolute atomic E-state index is 0.00310. The van der Waals surface area contributed by atoms with E-state index >= 15 is 0 Å². The number of carbonyl (C=O) groups excluding carboxylic acids is 1. The Morgan fingerprint density at radius 3 is 2.56 bits per heavy atom. The standard InChI is InChI=1S/C47H52ClN7O8S/c1-47(2)15-13-32(39(25-47)29-3-7-33(48)8-4-29)27-53-17-19-54(20-18-53)34-9-12-38(42(22-34)63-36-21-31-14-16-49-45(31)50-26-36)46(57)52-64(60,61)37-23-41(55(58)59)44-43(24-37)62-28-40(51-44)30-5-10-35(56)11-6-30/h3-4,7-9,12,14,16,21-24,26,30,35,40,51,56H,5-6,10-11,13,15,17-20,25,27-28H2,1-2H3,(H,49,50)(H,52,57)/t30?,35?,40-/m1/s1. The van der Waals surface area contributed by atoms with Crippen molar-refractivity contribution >= 4 is 61.2 Å². The Morgan fingerprint density at radius 1 is 1.05 bits per heavy atom. The number of piperazine rings is 1. The van der Waals surface area contributed by atoms with E-state index in [0.29, 0.717) is 37.3 Å². The molecule has 0 spiro atoms. The van der Waals surface area contributed by atoms with Gasteiger partial charge in [-0.3, -0.25) is 19.8 Å². The average molecular weight is 910 g/mol. The summed E-state index contributed by atoms with van der Waals surface area (Å²) in [6.45, 7) is 8.74. The number of rotatable bonds is 11. The molecule has 0 radical (unpaired) electrons. The van der Waals surface area contributed by atoms with Crippen molar-refractivity contribution in [2.75, 3.05) is 49.5 Å². The quantitative estimate of drug-likeness (QED) is 0.0731. The fourth-order valence-corrected chi connectivity index (χ4v) is 10.6. The van der Waals surface area contributed by atoms with Crippen LogP contribution in [0.25, 0.3) is 16.6 Å². The van der Waals surface area contributed by atoms with Gasteiger partial charge >= 0.3 is 0 Å². The second-order valence-corrected chi connectivity index (χ2v) is 20.3. The number of amides is 1. The van der Waals surface area contributed by atoms with Gasteiger partial charge in [-0.2, -0.15) is 0 Å². The highest BCUT2D eigenvalue weighted by atomic mass is 35.5. The number of aliphatic hydroxyl groups is 1. The van der Waals surface area contributed by atoms with Crippen LogP contribution in [0.4, 0.5) is 17.1 Å². The van der Waals surface area contributed by atoms with Crippen molar-refractivity contribution in [2.45, 2.75) is 75.8 Å². The highest BCUT2D eigenvalue weighted by Crippen LogP contribution is 2.45. The number of hydrogen-bond donors (Lipinski definition) is 4. The van der Waals surface area contributed by atoms with Gasteiger partial charge in [0.2, 0.25) is 0 Å². The summed E-state index contributed by atoms with van der Waals surface area (Å²) in [4.78, 5) is 37.4. The number of pyridine rings is 1. The van der Waals surface area contributed by atoms with Crippen molar-refractivity contribution in [1.29, 1.82) is 0 Å². The number of aliphatic hydroxyl groups excluding tert-OH is 1. The van der Waals surface area contributed by atoms with Crippen LogP contribution in [0, 0.1) is 21.4 Å². The number of hydrogen-bond acceptors (Lipinski definition) is 12. The molecule has 1 amide bonds. The first kappa shape index (κ1) is 43.6. The molecule has 9 rings (SSSR count). The van der Waals surface area contributed by atoms with E-state index in [0.717, 1.165) is 73.9 Å². The summed E-state index contributed by atoms with van der Waals surface area (Å²) in [7, 11) is -4.66. The zero-order valence-corrected chi connectivity index (χ0v) is 37.4. The lowest BCUT2D eigenvalue weighted by Gasteiger charge is -2.39. The van der Waals surface area contributed by atoms with E-state index in [1.54, 1.807) is 24.4 Å². The first-order chi connectivity index (χ1) is 30.7. The van der Waals surface area contributed by atoms with E-state index in [2.05, 4.69) is 55.8 Å². The monoisotopic (exact) mass is 909 g/mol. The number of benzene rings is 3. The molecule has 0 bridgehead atoms. The van der Waals surface area contributed by atoms with Gasteiger partial charge in [0, 0.05) is 73.2 Å². The molecule has 4 N–H and O–H groups in total. The molecule has 2 aliphatic heterocycles. The lowest BCUT2D eigenvalue weighted by Crippen LogP contribution is -2.47. The largest absolute Gasteiger partial charge is 0.489 e. The van der Waals surface area contributed by atoms with Crippen LogP contribution in [-0.4, -0.2) is 90.7 Å². The summed E-state index contributed by atoms with van der Waals surface area (Å²) in [5.74, 6) is -0.418. The van der Waals surface area contributed by atoms with Gasteiger partial charge in [0.15, 0.2) is 11.4 Å². The first-order valence-electron chi connectivity index (χ1n) is 21.8. The summed E-state index contributed by atoms with van der Waals surface area (Å²) in [5.41, 5.74) is 5.28. The number of nitro benzene ring substituents is 1. The van der Waals surface area contributed by atoms with E-state index in [1.807, 2.05) is 18.2 Å². The first-order valence-corrected chi connectivity index (χ1v) is 23.7. The fourth-order valence-electron chi connectivity index (χ4n) is 9.51. The normalized spacial score (nSPS) is 21.4. The molecule has 4 heterocycles. The lowest BCUT2D eigenvalue weighted by molar-refractivity contribution is -0.384. The Labute approximate surface area is 377 Å². The topological polar surface area (TPSA) is 192 Å². The number of aromatic nitrogens is 2. The third kappa shape index (κ3) is 9.41. The third-order valence-corrected chi connectivity index (χ3v) is 14.8. The second kappa shape index (κ2) is 17.7. The molecule has 2 aromatic heterocycles. The third-order valence-electron chi connectivity index (χ3n) is 13.2. The van der Waals surface area contributed by atoms with Gasteiger partial charge in [-0.25, -0.2) is 18.1 Å². The molecule has 2 fully saturated rings. The van der Waals surface area contributed by atoms with Crippen LogP contribution >= 0.6 is 11.6 Å². The number of fused-ring (bicyclic) bond motifs is 2. The maximum absolute atomic E-state index is 14.1. The number of nitrogens with zero attached hydrogens (tertiary/aromatic N) is 4. The van der Waals surface area contributed by atoms with E-state index in [-0.39, 0.29) is 52.8 Å². The molecular weight excluding hydrogens is 858 g/mol. The molecule has 336 valence electrons. The Morgan fingerprint density at radius 2 is 1.81 bits per heavy atom. The van der Waals surface area contributed by atoms with Gasteiger partial charge in [0.05, 0.1) is 33.7 Å². The maximum atomic E-state index is 14.1. The van der Waals surface area contributed by atoms with Crippen LogP contribution in [-0.2, 0) is 10.0 Å². The van der Waals surface area contributed by atoms with Gasteiger partial charge in [0.25, 0.3) is 21.6 Å². The van der Waals surface area contributed by atoms with Crippen molar-refractivity contribution in [2.24, 2.45) is 11.3 Å². The predicted molar refractivity (Wildman–Crippen MR) is 246 cm³/mol. The van der Waals surface area contributed by atoms with Crippen LogP contribution in [0.5, 0.6) is 17.2 Å². The number of halogens is 1. The Hall–Kier alpha value is -5.68. The van der Waals surface area contributed by atoms with Crippen LogP contribution < -0.4 is 24.4 Å². The lowest BCUT2D eigenvalue weighted by atomic mass is 9.72. The Kier molecular flexibility index (Phi) is 12.1. The smallest absolute Gasteiger partial charge is 0.297 e. The summed E-state index contributed by atoms with van der Waals surface area (Å²) >= 11 is 6.25. The zero-order valence-electron chi connectivity index (χ0n) is 35.8. The molecule has 2 aliphatic carbocycles. The van der Waals surface area contributed by atoms with Crippen molar-refractivity contribution < 1.29 is 32.7 Å². The molecule has 17 heteroatoms. The summed E-state index contributed by atoms with van der Waals surface area (Å²) in [6.07, 6.45) is 8.81. The van der Waals surface area contributed by atoms with Crippen molar-refractivity contribution in [1.82, 2.24) is 19.6 Å². The molecule has 0 unspecified atom stereocenters. The predicted octanol–water partition coefficient (Wildman–Crippen LogP) is 8.55. The van der Waals surface area contributed by atoms with Crippen LogP contribution in [0.3, 0.4) is 0 Å². The zero-order chi connectivity index (χ0) is 44.8. The van der Waals surface area contributed by atoms with Gasteiger partial charge in [0.1, 0.15) is 23.8 Å². The Balaban J connectivity index is 0.943. The average Bonchev–Trinajstić information content (AvgIpc) is 3.75. The SMILES string of the molecule is CC1(C)CCC(CN2CCN(c3ccc(C(=O)NS(=O)(=O)c4cc5c(c([N+](=O)[O-])c4)N[C@@H](C4CCC(O)CC4)CO5)c(Oc4cnc5[nH]ccc5c4)c3)CC2)=C(c2ccc(Cl)cc2)C1. The van der Waals surface area contributed by atoms with Crippen molar-refractivity contribution in [3.63, 3.8) is 0 Å². The molecule has 1 saturated carbocycles. The summed E-state index contributed by atoms with van der Waals surface area (Å²) in [6, 6.07) is 18.7. The van der Waals surface area contributed by atoms with Crippen molar-refractivity contribution in [3.05, 3.63) is 111 Å².